The van der Waals surface area contributed by atoms with Gasteiger partial charge in [0.05, 0.1) is 6.04 Å². The van der Waals surface area contributed by atoms with Gasteiger partial charge < -0.3 is 5.32 Å². The van der Waals surface area contributed by atoms with E-state index in [-0.39, 0.29) is 0 Å². The molecule has 0 bridgehead atoms. The summed E-state index contributed by atoms with van der Waals surface area (Å²) in [6, 6.07) is 11.6. The van der Waals surface area contributed by atoms with Crippen molar-refractivity contribution in [1.29, 1.82) is 0 Å². The largest absolute Gasteiger partial charge is 0.314 e. The van der Waals surface area contributed by atoms with Crippen LogP contribution in [-0.2, 0) is 6.42 Å². The zero-order valence-corrected chi connectivity index (χ0v) is 13.6. The van der Waals surface area contributed by atoms with Crippen LogP contribution in [-0.4, -0.2) is 29.5 Å². The maximum absolute atomic E-state index is 4.65. The summed E-state index contributed by atoms with van der Waals surface area (Å²) in [7, 11) is 0. The predicted octanol–water partition coefficient (Wildman–Crippen LogP) is 3.41. The topological polar surface area (TPSA) is 28.2 Å². The van der Waals surface area contributed by atoms with Gasteiger partial charge in [-0.2, -0.15) is 0 Å². The van der Waals surface area contributed by atoms with Crippen LogP contribution in [0.1, 0.15) is 41.4 Å². The second-order valence-electron chi connectivity index (χ2n) is 5.56. The van der Waals surface area contributed by atoms with E-state index in [1.165, 1.54) is 15.4 Å². The van der Waals surface area contributed by atoms with Crippen molar-refractivity contribution in [3.8, 4) is 0 Å². The molecule has 2 aromatic rings. The zero-order chi connectivity index (χ0) is 14.7. The molecule has 4 heteroatoms. The van der Waals surface area contributed by atoms with Crippen molar-refractivity contribution in [1.82, 2.24) is 15.2 Å². The van der Waals surface area contributed by atoms with Gasteiger partial charge in [-0.15, -0.1) is 11.3 Å². The Labute approximate surface area is 131 Å². The summed E-state index contributed by atoms with van der Waals surface area (Å²) in [6.07, 6.45) is 3.12. The smallest absolute Gasteiger partial charge is 0.110 e. The van der Waals surface area contributed by atoms with E-state index in [0.717, 1.165) is 26.1 Å². The lowest BCUT2D eigenvalue weighted by molar-refractivity contribution is 0.115. The predicted molar refractivity (Wildman–Crippen MR) is 88.7 cm³/mol. The Bertz CT molecular complexity index is 566. The fraction of sp³-hybridized carbons (Fsp3) is 0.471. The number of aromatic nitrogens is 1. The Morgan fingerprint density at radius 2 is 2.19 bits per heavy atom. The van der Waals surface area contributed by atoms with E-state index in [9.17, 15) is 0 Å². The molecule has 1 aliphatic heterocycles. The molecular weight excluding hydrogens is 278 g/mol. The summed E-state index contributed by atoms with van der Waals surface area (Å²) in [5.74, 6) is 0. The molecule has 1 fully saturated rings. The SMILES string of the molecule is CCc1cnc(C(C)N2CCNCC2c2ccccc2)s1. The van der Waals surface area contributed by atoms with E-state index >= 15 is 0 Å². The number of hydrogen-bond acceptors (Lipinski definition) is 4. The Kier molecular flexibility index (Phi) is 4.68. The van der Waals surface area contributed by atoms with Crippen molar-refractivity contribution in [2.24, 2.45) is 0 Å². The molecule has 1 aromatic carbocycles. The number of rotatable bonds is 4. The molecule has 1 N–H and O–H groups in total. The molecule has 2 atom stereocenters. The molecule has 2 unspecified atom stereocenters. The van der Waals surface area contributed by atoms with E-state index < -0.39 is 0 Å². The van der Waals surface area contributed by atoms with Gasteiger partial charge >= 0.3 is 0 Å². The fourth-order valence-electron chi connectivity index (χ4n) is 2.99. The van der Waals surface area contributed by atoms with E-state index in [1.807, 2.05) is 17.5 Å². The fourth-order valence-corrected chi connectivity index (χ4v) is 3.92. The van der Waals surface area contributed by atoms with E-state index in [4.69, 9.17) is 0 Å². The van der Waals surface area contributed by atoms with Crippen LogP contribution in [0.5, 0.6) is 0 Å². The number of benzene rings is 1. The minimum absolute atomic E-state index is 0.377. The molecule has 0 radical (unpaired) electrons. The van der Waals surface area contributed by atoms with Crippen molar-refractivity contribution in [3.05, 3.63) is 52.0 Å². The van der Waals surface area contributed by atoms with Crippen molar-refractivity contribution >= 4 is 11.3 Å². The zero-order valence-electron chi connectivity index (χ0n) is 12.7. The molecule has 3 rings (SSSR count). The number of aryl methyl sites for hydroxylation is 1. The Balaban J connectivity index is 1.83. The average Bonchev–Trinajstić information content (AvgIpc) is 3.04. The third-order valence-electron chi connectivity index (χ3n) is 4.24. The Hall–Kier alpha value is -1.23. The van der Waals surface area contributed by atoms with Crippen LogP contribution in [0.3, 0.4) is 0 Å². The van der Waals surface area contributed by atoms with E-state index in [0.29, 0.717) is 12.1 Å². The van der Waals surface area contributed by atoms with Gasteiger partial charge in [-0.25, -0.2) is 4.98 Å². The maximum atomic E-state index is 4.65. The summed E-state index contributed by atoms with van der Waals surface area (Å²) in [6.45, 7) is 7.63. The van der Waals surface area contributed by atoms with Crippen molar-refractivity contribution < 1.29 is 0 Å². The number of piperazine rings is 1. The highest BCUT2D eigenvalue weighted by atomic mass is 32.1. The average molecular weight is 301 g/mol. The molecule has 0 amide bonds. The van der Waals surface area contributed by atoms with Gasteiger partial charge in [0, 0.05) is 36.8 Å². The number of hydrogen-bond donors (Lipinski definition) is 1. The van der Waals surface area contributed by atoms with Gasteiger partial charge in [0.1, 0.15) is 5.01 Å². The van der Waals surface area contributed by atoms with Crippen LogP contribution in [0.25, 0.3) is 0 Å². The van der Waals surface area contributed by atoms with E-state index in [1.54, 1.807) is 0 Å². The van der Waals surface area contributed by atoms with Crippen LogP contribution in [0.15, 0.2) is 36.5 Å². The second-order valence-corrected chi connectivity index (χ2v) is 6.71. The monoisotopic (exact) mass is 301 g/mol. The van der Waals surface area contributed by atoms with Gasteiger partial charge in [-0.3, -0.25) is 4.90 Å². The van der Waals surface area contributed by atoms with Gasteiger partial charge in [-0.1, -0.05) is 37.3 Å². The molecule has 1 aliphatic rings. The standard InChI is InChI=1S/C17H23N3S/c1-3-15-11-19-17(21-15)13(2)20-10-9-18-12-16(20)14-7-5-4-6-8-14/h4-8,11,13,16,18H,3,9-10,12H2,1-2H3. The highest BCUT2D eigenvalue weighted by Gasteiger charge is 2.29. The molecule has 0 saturated carbocycles. The quantitative estimate of drug-likeness (QED) is 0.938. The summed E-state index contributed by atoms with van der Waals surface area (Å²) < 4.78 is 0. The molecule has 0 spiro atoms. The molecule has 1 aromatic heterocycles. The van der Waals surface area contributed by atoms with Crippen LogP contribution in [0, 0.1) is 0 Å². The first-order valence-electron chi connectivity index (χ1n) is 7.75. The van der Waals surface area contributed by atoms with Gasteiger partial charge in [-0.05, 0) is 18.9 Å². The molecule has 112 valence electrons. The molecule has 3 nitrogen and oxygen atoms in total. The van der Waals surface area contributed by atoms with Crippen molar-refractivity contribution in [2.75, 3.05) is 19.6 Å². The third-order valence-corrected chi connectivity index (χ3v) is 5.56. The lowest BCUT2D eigenvalue weighted by Gasteiger charge is -2.39. The molecular formula is C17H23N3S. The Morgan fingerprint density at radius 3 is 2.90 bits per heavy atom. The second kappa shape index (κ2) is 6.69. The summed E-state index contributed by atoms with van der Waals surface area (Å²) in [4.78, 5) is 8.61. The van der Waals surface area contributed by atoms with Gasteiger partial charge in [0.25, 0.3) is 0 Å². The van der Waals surface area contributed by atoms with Crippen LogP contribution < -0.4 is 5.32 Å². The molecule has 0 aliphatic carbocycles. The normalized spacial score (nSPS) is 21.3. The minimum Gasteiger partial charge on any atom is -0.314 e. The van der Waals surface area contributed by atoms with Crippen LogP contribution >= 0.6 is 11.3 Å². The highest BCUT2D eigenvalue weighted by molar-refractivity contribution is 7.11. The first kappa shape index (κ1) is 14.7. The molecule has 1 saturated heterocycles. The highest BCUT2D eigenvalue weighted by Crippen LogP contribution is 2.33. The number of nitrogens with zero attached hydrogens (tertiary/aromatic N) is 2. The maximum Gasteiger partial charge on any atom is 0.110 e. The summed E-state index contributed by atoms with van der Waals surface area (Å²) >= 11 is 1.86. The Morgan fingerprint density at radius 1 is 1.38 bits per heavy atom. The van der Waals surface area contributed by atoms with Gasteiger partial charge in [0.15, 0.2) is 0 Å². The first-order valence-corrected chi connectivity index (χ1v) is 8.57. The first-order chi connectivity index (χ1) is 10.3. The summed E-state index contributed by atoms with van der Waals surface area (Å²) in [5, 5.41) is 4.77. The van der Waals surface area contributed by atoms with E-state index in [2.05, 4.69) is 59.4 Å². The summed E-state index contributed by atoms with van der Waals surface area (Å²) in [5.41, 5.74) is 1.39. The van der Waals surface area contributed by atoms with Crippen LogP contribution in [0.2, 0.25) is 0 Å². The molecule has 2 heterocycles. The lowest BCUT2D eigenvalue weighted by Crippen LogP contribution is -2.46. The van der Waals surface area contributed by atoms with Gasteiger partial charge in [0.2, 0.25) is 0 Å². The number of thiazole rings is 1. The third kappa shape index (κ3) is 3.18. The van der Waals surface area contributed by atoms with Crippen LogP contribution in [0.4, 0.5) is 0 Å². The number of nitrogens with one attached hydrogen (secondary N) is 1. The molecule has 21 heavy (non-hydrogen) atoms. The minimum atomic E-state index is 0.377. The lowest BCUT2D eigenvalue weighted by atomic mass is 10.0. The van der Waals surface area contributed by atoms with Crippen molar-refractivity contribution in [2.45, 2.75) is 32.4 Å². The van der Waals surface area contributed by atoms with Crippen molar-refractivity contribution in [3.63, 3.8) is 0 Å².